The van der Waals surface area contributed by atoms with Gasteiger partial charge in [0.05, 0.1) is 5.56 Å². The van der Waals surface area contributed by atoms with Crippen LogP contribution in [0.2, 0.25) is 0 Å². The summed E-state index contributed by atoms with van der Waals surface area (Å²) in [4.78, 5) is 4.34. The molecule has 0 aromatic carbocycles. The molecule has 0 spiro atoms. The van der Waals surface area contributed by atoms with E-state index in [0.29, 0.717) is 11.5 Å². The van der Waals surface area contributed by atoms with Crippen LogP contribution in [0.4, 0.5) is 11.5 Å². The van der Waals surface area contributed by atoms with E-state index in [1.165, 1.54) is 0 Å². The number of nitrogens with zero attached hydrogens (tertiary/aromatic N) is 6. The largest absolute Gasteiger partial charge is 0.258 e. The Morgan fingerprint density at radius 3 is 2.89 bits per heavy atom. The van der Waals surface area contributed by atoms with Gasteiger partial charge in [0, 0.05) is 18.1 Å². The molecule has 0 saturated carbocycles. The molecule has 0 saturated heterocycles. The lowest BCUT2D eigenvalue weighted by Gasteiger charge is -2.15. The number of rotatable bonds is 2. The summed E-state index contributed by atoms with van der Waals surface area (Å²) in [5, 5.41) is 17.1. The van der Waals surface area contributed by atoms with Gasteiger partial charge in [-0.2, -0.15) is 15.3 Å². The molecule has 3 heterocycles. The lowest BCUT2D eigenvalue weighted by Crippen LogP contribution is -2.13. The van der Waals surface area contributed by atoms with Gasteiger partial charge in [-0.3, -0.25) is 5.43 Å². The summed E-state index contributed by atoms with van der Waals surface area (Å²) in [6.45, 7) is 7.84. The highest BCUT2D eigenvalue weighted by Crippen LogP contribution is 2.45. The van der Waals surface area contributed by atoms with Gasteiger partial charge in [0.1, 0.15) is 11.2 Å². The van der Waals surface area contributed by atoms with Crippen molar-refractivity contribution >= 4 is 22.9 Å². The number of hydrogen-bond donors (Lipinski definition) is 1. The smallest absolute Gasteiger partial charge is 0.195 e. The fourth-order valence-electron chi connectivity index (χ4n) is 2.06. The molecule has 2 aromatic heterocycles. The zero-order valence-corrected chi connectivity index (χ0v) is 11.3. The molecular weight excluding hydrogens is 242 g/mol. The third kappa shape index (κ3) is 1.78. The first-order chi connectivity index (χ1) is 8.99. The van der Waals surface area contributed by atoms with Crippen LogP contribution in [0.1, 0.15) is 33.3 Å². The molecule has 2 aromatic rings. The van der Waals surface area contributed by atoms with Gasteiger partial charge < -0.3 is 0 Å². The van der Waals surface area contributed by atoms with Gasteiger partial charge >= 0.3 is 0 Å². The summed E-state index contributed by atoms with van der Waals surface area (Å²) in [6.07, 6.45) is 3.52. The standard InChI is InChI=1S/C12H15N7/c1-7(2)14-16-10-9-8(12(3,4)18-15-9)11-13-5-6-19(11)17-10/h5-6H,1-4H3,(H,16,17). The summed E-state index contributed by atoms with van der Waals surface area (Å²) in [5.74, 6) is 0.594. The van der Waals surface area contributed by atoms with E-state index >= 15 is 0 Å². The lowest BCUT2D eigenvalue weighted by atomic mass is 9.96. The van der Waals surface area contributed by atoms with Crippen LogP contribution >= 0.6 is 0 Å². The highest BCUT2D eigenvalue weighted by Gasteiger charge is 2.34. The fraction of sp³-hybridized carbons (Fsp3) is 0.417. The normalized spacial score (nSPS) is 15.6. The first-order valence-corrected chi connectivity index (χ1v) is 6.06. The topological polar surface area (TPSA) is 79.3 Å². The first-order valence-electron chi connectivity index (χ1n) is 6.06. The minimum atomic E-state index is -0.397. The number of fused-ring (bicyclic) bond motifs is 3. The van der Waals surface area contributed by atoms with Crippen molar-refractivity contribution in [3.63, 3.8) is 0 Å². The van der Waals surface area contributed by atoms with Crippen LogP contribution in [0.25, 0.3) is 5.65 Å². The first kappa shape index (κ1) is 11.8. The van der Waals surface area contributed by atoms with Crippen LogP contribution in [-0.4, -0.2) is 20.3 Å². The second kappa shape index (κ2) is 3.84. The highest BCUT2D eigenvalue weighted by atomic mass is 15.4. The quantitative estimate of drug-likeness (QED) is 0.663. The Labute approximate surface area is 110 Å². The van der Waals surface area contributed by atoms with Gasteiger partial charge in [0.25, 0.3) is 0 Å². The van der Waals surface area contributed by atoms with E-state index in [2.05, 4.69) is 30.8 Å². The zero-order valence-electron chi connectivity index (χ0n) is 11.3. The number of aromatic nitrogens is 3. The number of hydrogen-bond acceptors (Lipinski definition) is 6. The zero-order chi connectivity index (χ0) is 13.6. The van der Waals surface area contributed by atoms with Crippen molar-refractivity contribution in [1.29, 1.82) is 0 Å². The van der Waals surface area contributed by atoms with Gasteiger partial charge in [-0.25, -0.2) is 9.50 Å². The van der Waals surface area contributed by atoms with E-state index in [1.54, 1.807) is 16.9 Å². The molecule has 0 amide bonds. The Hall–Kier alpha value is -2.31. The molecule has 0 atom stereocenters. The Balaban J connectivity index is 2.25. The molecule has 98 valence electrons. The summed E-state index contributed by atoms with van der Waals surface area (Å²) in [6, 6.07) is 0. The van der Waals surface area contributed by atoms with Crippen molar-refractivity contribution in [2.24, 2.45) is 15.3 Å². The Bertz CT molecular complexity index is 704. The SMILES string of the molecule is CC(C)=NNc1nn2ccnc2c2c1N=NC2(C)C. The van der Waals surface area contributed by atoms with Crippen LogP contribution < -0.4 is 5.43 Å². The molecule has 1 aliphatic heterocycles. The molecule has 1 N–H and O–H groups in total. The van der Waals surface area contributed by atoms with E-state index in [9.17, 15) is 0 Å². The fourth-order valence-corrected chi connectivity index (χ4v) is 2.06. The number of azo groups is 1. The third-order valence-corrected chi connectivity index (χ3v) is 2.91. The van der Waals surface area contributed by atoms with Crippen molar-refractivity contribution in [1.82, 2.24) is 14.6 Å². The monoisotopic (exact) mass is 257 g/mol. The number of nitrogens with one attached hydrogen (secondary N) is 1. The molecular formula is C12H15N7. The van der Waals surface area contributed by atoms with E-state index in [4.69, 9.17) is 0 Å². The maximum absolute atomic E-state index is 4.43. The second-order valence-corrected chi connectivity index (χ2v) is 5.20. The molecule has 3 rings (SSSR count). The Morgan fingerprint density at radius 2 is 2.16 bits per heavy atom. The van der Waals surface area contributed by atoms with Crippen LogP contribution in [0, 0.1) is 0 Å². The minimum Gasteiger partial charge on any atom is -0.258 e. The average molecular weight is 257 g/mol. The van der Waals surface area contributed by atoms with Crippen molar-refractivity contribution in [2.45, 2.75) is 33.2 Å². The van der Waals surface area contributed by atoms with Gasteiger partial charge in [-0.1, -0.05) is 0 Å². The maximum Gasteiger partial charge on any atom is 0.195 e. The molecule has 0 bridgehead atoms. The predicted molar refractivity (Wildman–Crippen MR) is 72.9 cm³/mol. The van der Waals surface area contributed by atoms with Crippen LogP contribution in [0.3, 0.4) is 0 Å². The van der Waals surface area contributed by atoms with Crippen LogP contribution in [-0.2, 0) is 5.54 Å². The van der Waals surface area contributed by atoms with Crippen LogP contribution in [0.15, 0.2) is 27.7 Å². The van der Waals surface area contributed by atoms with Gasteiger partial charge in [-0.05, 0) is 27.7 Å². The van der Waals surface area contributed by atoms with E-state index in [0.717, 1.165) is 16.9 Å². The third-order valence-electron chi connectivity index (χ3n) is 2.91. The molecule has 7 nitrogen and oxygen atoms in total. The lowest BCUT2D eigenvalue weighted by molar-refractivity contribution is 0.556. The van der Waals surface area contributed by atoms with Gasteiger partial charge in [-0.15, -0.1) is 5.10 Å². The van der Waals surface area contributed by atoms with Gasteiger partial charge in [0.15, 0.2) is 11.5 Å². The molecule has 7 heteroatoms. The van der Waals surface area contributed by atoms with E-state index in [-0.39, 0.29) is 0 Å². The van der Waals surface area contributed by atoms with Crippen molar-refractivity contribution in [2.75, 3.05) is 5.43 Å². The van der Waals surface area contributed by atoms with Crippen LogP contribution in [0.5, 0.6) is 0 Å². The van der Waals surface area contributed by atoms with E-state index < -0.39 is 5.54 Å². The summed E-state index contributed by atoms with van der Waals surface area (Å²) >= 11 is 0. The molecule has 0 fully saturated rings. The Morgan fingerprint density at radius 1 is 1.37 bits per heavy atom. The Kier molecular flexibility index (Phi) is 2.38. The molecule has 0 radical (unpaired) electrons. The highest BCUT2D eigenvalue weighted by molar-refractivity contribution is 5.81. The number of anilines is 1. The molecule has 0 aliphatic carbocycles. The molecule has 0 unspecified atom stereocenters. The summed E-state index contributed by atoms with van der Waals surface area (Å²) in [7, 11) is 0. The minimum absolute atomic E-state index is 0.397. The average Bonchev–Trinajstić information content (AvgIpc) is 2.90. The summed E-state index contributed by atoms with van der Waals surface area (Å²) < 4.78 is 1.72. The predicted octanol–water partition coefficient (Wildman–Crippen LogP) is 2.87. The van der Waals surface area contributed by atoms with E-state index in [1.807, 2.05) is 27.7 Å². The second-order valence-electron chi connectivity index (χ2n) is 5.20. The van der Waals surface area contributed by atoms with Crippen molar-refractivity contribution in [3.05, 3.63) is 18.0 Å². The maximum atomic E-state index is 4.43. The van der Waals surface area contributed by atoms with Crippen molar-refractivity contribution < 1.29 is 0 Å². The summed E-state index contributed by atoms with van der Waals surface area (Å²) in [5.41, 5.74) is 5.93. The van der Waals surface area contributed by atoms with Gasteiger partial charge in [0.2, 0.25) is 0 Å². The number of hydrazone groups is 1. The molecule has 1 aliphatic rings. The van der Waals surface area contributed by atoms with Crippen molar-refractivity contribution in [3.8, 4) is 0 Å². The number of imidazole rings is 1. The molecule has 19 heavy (non-hydrogen) atoms.